The zero-order valence-electron chi connectivity index (χ0n) is 9.83. The van der Waals surface area contributed by atoms with Crippen molar-refractivity contribution < 1.29 is 5.11 Å². The van der Waals surface area contributed by atoms with Crippen LogP contribution in [0.3, 0.4) is 0 Å². The first-order valence-corrected chi connectivity index (χ1v) is 8.42. The smallest absolute Gasteiger partial charge is 0.106 e. The summed E-state index contributed by atoms with van der Waals surface area (Å²) in [5, 5.41) is 11.7. The van der Waals surface area contributed by atoms with E-state index in [1.54, 1.807) is 0 Å². The van der Waals surface area contributed by atoms with Crippen LogP contribution in [0.5, 0.6) is 0 Å². The van der Waals surface area contributed by atoms with Crippen molar-refractivity contribution >= 4 is 13.3 Å². The summed E-state index contributed by atoms with van der Waals surface area (Å²) < 4.78 is 0. The molecule has 1 rings (SSSR count). The summed E-state index contributed by atoms with van der Waals surface area (Å²) in [7, 11) is -1.47. The average Bonchev–Trinajstić information content (AvgIpc) is 2.27. The van der Waals surface area contributed by atoms with E-state index in [2.05, 4.69) is 56.4 Å². The molecule has 0 unspecified atom stereocenters. The fourth-order valence-corrected chi connectivity index (χ4v) is 3.75. The summed E-state index contributed by atoms with van der Waals surface area (Å²) in [5.41, 5.74) is 0. The Hall–Kier alpha value is -0.863. The highest BCUT2D eigenvalue weighted by molar-refractivity contribution is 6.95. The molecule has 1 aromatic carbocycles. The number of aliphatic hydroxyl groups is 1. The van der Waals surface area contributed by atoms with Crippen LogP contribution in [0.2, 0.25) is 13.1 Å². The van der Waals surface area contributed by atoms with Crippen LogP contribution in [0.4, 0.5) is 0 Å². The van der Waals surface area contributed by atoms with E-state index >= 15 is 0 Å². The second kappa shape index (κ2) is 5.28. The molecule has 0 aromatic heterocycles. The van der Waals surface area contributed by atoms with Gasteiger partial charge in [-0.2, -0.15) is 0 Å². The lowest BCUT2D eigenvalue weighted by Gasteiger charge is -2.24. The van der Waals surface area contributed by atoms with Crippen molar-refractivity contribution in [2.45, 2.75) is 26.4 Å². The van der Waals surface area contributed by atoms with Gasteiger partial charge in [-0.3, -0.25) is 0 Å². The number of rotatable bonds is 4. The molecule has 0 saturated heterocycles. The highest BCUT2D eigenvalue weighted by atomic mass is 28.3. The number of hydrogen-bond donors (Lipinski definition) is 1. The minimum Gasteiger partial charge on any atom is -0.396 e. The van der Waals surface area contributed by atoms with Crippen LogP contribution in [0, 0.1) is 0 Å². The molecule has 2 heteroatoms. The van der Waals surface area contributed by atoms with E-state index < -0.39 is 8.07 Å². The molecule has 1 aromatic rings. The first-order valence-electron chi connectivity index (χ1n) is 5.42. The van der Waals surface area contributed by atoms with Crippen molar-refractivity contribution in [1.29, 1.82) is 0 Å². The lowest BCUT2D eigenvalue weighted by molar-refractivity contribution is 0.302. The number of aliphatic hydroxyl groups excluding tert-OH is 1. The lowest BCUT2D eigenvalue weighted by atomic mass is 10.4. The molecule has 0 fully saturated rings. The summed E-state index contributed by atoms with van der Waals surface area (Å²) in [6, 6.07) is 10.7. The van der Waals surface area contributed by atoms with Crippen LogP contribution in [-0.2, 0) is 0 Å². The van der Waals surface area contributed by atoms with Gasteiger partial charge in [-0.05, 0) is 13.3 Å². The molecule has 0 aliphatic rings. The van der Waals surface area contributed by atoms with Crippen LogP contribution in [0.1, 0.15) is 13.3 Å². The molecule has 15 heavy (non-hydrogen) atoms. The fourth-order valence-electron chi connectivity index (χ4n) is 1.62. The zero-order valence-corrected chi connectivity index (χ0v) is 10.8. The van der Waals surface area contributed by atoms with E-state index in [9.17, 15) is 0 Å². The van der Waals surface area contributed by atoms with E-state index in [0.29, 0.717) is 0 Å². The lowest BCUT2D eigenvalue weighted by Crippen LogP contribution is -2.42. The monoisotopic (exact) mass is 220 g/mol. The van der Waals surface area contributed by atoms with Gasteiger partial charge < -0.3 is 5.11 Å². The molecule has 82 valence electrons. The summed E-state index contributed by atoms with van der Waals surface area (Å²) >= 11 is 0. The first-order chi connectivity index (χ1) is 7.09. The van der Waals surface area contributed by atoms with Crippen LogP contribution < -0.4 is 5.19 Å². The van der Waals surface area contributed by atoms with Gasteiger partial charge in [0.05, 0.1) is 0 Å². The van der Waals surface area contributed by atoms with Gasteiger partial charge >= 0.3 is 0 Å². The SMILES string of the molecule is C/C(=C\CCO)[Si](C)(C)c1ccccc1. The maximum atomic E-state index is 8.82. The molecule has 0 atom stereocenters. The molecular weight excluding hydrogens is 200 g/mol. The minimum absolute atomic E-state index is 0.247. The van der Waals surface area contributed by atoms with E-state index in [1.165, 1.54) is 10.4 Å². The predicted octanol–water partition coefficient (Wildman–Crippen LogP) is 2.47. The Morgan fingerprint density at radius 3 is 2.40 bits per heavy atom. The van der Waals surface area contributed by atoms with Gasteiger partial charge in [0.15, 0.2) is 0 Å². The Bertz CT molecular complexity index is 328. The Balaban J connectivity index is 2.92. The predicted molar refractivity (Wildman–Crippen MR) is 69.0 cm³/mol. The summed E-state index contributed by atoms with van der Waals surface area (Å²) in [6.45, 7) is 7.14. The quantitative estimate of drug-likeness (QED) is 0.773. The van der Waals surface area contributed by atoms with Crippen LogP contribution >= 0.6 is 0 Å². The van der Waals surface area contributed by atoms with Gasteiger partial charge in [0.1, 0.15) is 8.07 Å². The highest BCUT2D eigenvalue weighted by Crippen LogP contribution is 2.14. The molecule has 0 bridgehead atoms. The summed E-state index contributed by atoms with van der Waals surface area (Å²) in [4.78, 5) is 0. The molecular formula is C13H20OSi. The number of allylic oxidation sites excluding steroid dienone is 1. The average molecular weight is 220 g/mol. The van der Waals surface area contributed by atoms with E-state index in [-0.39, 0.29) is 6.61 Å². The highest BCUT2D eigenvalue weighted by Gasteiger charge is 2.24. The molecule has 0 heterocycles. The standard InChI is InChI=1S/C13H20OSi/c1-12(8-7-11-14)15(2,3)13-9-5-4-6-10-13/h4-6,8-10,14H,7,11H2,1-3H3/b12-8+. The molecule has 1 nitrogen and oxygen atoms in total. The van der Waals surface area contributed by atoms with Crippen LogP contribution in [0.15, 0.2) is 41.6 Å². The molecule has 0 aliphatic heterocycles. The molecule has 0 amide bonds. The van der Waals surface area contributed by atoms with Gasteiger partial charge in [0, 0.05) is 6.61 Å². The third-order valence-electron chi connectivity index (χ3n) is 3.06. The second-order valence-corrected chi connectivity index (χ2v) is 9.01. The Kier molecular flexibility index (Phi) is 4.30. The normalized spacial score (nSPS) is 12.9. The summed E-state index contributed by atoms with van der Waals surface area (Å²) in [5.74, 6) is 0. The maximum absolute atomic E-state index is 8.82. The Labute approximate surface area is 93.5 Å². The fraction of sp³-hybridized carbons (Fsp3) is 0.385. The van der Waals surface area contributed by atoms with E-state index in [4.69, 9.17) is 5.11 Å². The maximum Gasteiger partial charge on any atom is 0.106 e. The summed E-state index contributed by atoms with van der Waals surface area (Å²) in [6.07, 6.45) is 2.95. The Morgan fingerprint density at radius 1 is 1.27 bits per heavy atom. The van der Waals surface area contributed by atoms with Crippen molar-refractivity contribution in [3.05, 3.63) is 41.6 Å². The molecule has 0 saturated carbocycles. The zero-order chi connectivity index (χ0) is 11.3. The van der Waals surface area contributed by atoms with Crippen LogP contribution in [-0.4, -0.2) is 19.8 Å². The molecule has 0 radical (unpaired) electrons. The Morgan fingerprint density at radius 2 is 1.87 bits per heavy atom. The van der Waals surface area contributed by atoms with Crippen molar-refractivity contribution in [2.24, 2.45) is 0 Å². The van der Waals surface area contributed by atoms with Crippen molar-refractivity contribution in [3.8, 4) is 0 Å². The third kappa shape index (κ3) is 3.04. The number of benzene rings is 1. The van der Waals surface area contributed by atoms with Crippen LogP contribution in [0.25, 0.3) is 0 Å². The topological polar surface area (TPSA) is 20.2 Å². The van der Waals surface area contributed by atoms with E-state index in [0.717, 1.165) is 6.42 Å². The molecule has 0 aliphatic carbocycles. The minimum atomic E-state index is -1.47. The van der Waals surface area contributed by atoms with Gasteiger partial charge in [0.2, 0.25) is 0 Å². The van der Waals surface area contributed by atoms with Gasteiger partial charge in [-0.15, -0.1) is 0 Å². The van der Waals surface area contributed by atoms with E-state index in [1.807, 2.05) is 0 Å². The second-order valence-electron chi connectivity index (χ2n) is 4.39. The van der Waals surface area contributed by atoms with Gasteiger partial charge in [0.25, 0.3) is 0 Å². The molecule has 0 spiro atoms. The van der Waals surface area contributed by atoms with Crippen molar-refractivity contribution in [1.82, 2.24) is 0 Å². The van der Waals surface area contributed by atoms with Crippen molar-refractivity contribution in [2.75, 3.05) is 6.61 Å². The third-order valence-corrected chi connectivity index (χ3v) is 7.01. The van der Waals surface area contributed by atoms with Gasteiger partial charge in [-0.25, -0.2) is 0 Å². The first kappa shape index (κ1) is 12.2. The van der Waals surface area contributed by atoms with Crippen molar-refractivity contribution in [3.63, 3.8) is 0 Å². The largest absolute Gasteiger partial charge is 0.396 e. The number of hydrogen-bond acceptors (Lipinski definition) is 1. The molecule has 1 N–H and O–H groups in total. The van der Waals surface area contributed by atoms with Gasteiger partial charge in [-0.1, -0.05) is 59.9 Å².